The molecule has 8 heteroatoms. The fourth-order valence-electron chi connectivity index (χ4n) is 4.27. The molecule has 4 rings (SSSR count). The quantitative estimate of drug-likeness (QED) is 0.409. The van der Waals surface area contributed by atoms with Crippen LogP contribution < -0.4 is 18.9 Å². The van der Waals surface area contributed by atoms with Gasteiger partial charge in [0.1, 0.15) is 23.0 Å². The average molecular weight is 466 g/mol. The maximum atomic E-state index is 12.2. The van der Waals surface area contributed by atoms with Crippen LogP contribution in [-0.4, -0.2) is 43.6 Å². The van der Waals surface area contributed by atoms with Crippen LogP contribution in [0.4, 0.5) is 0 Å². The monoisotopic (exact) mass is 466 g/mol. The lowest BCUT2D eigenvalue weighted by molar-refractivity contribution is -0.153. The Balaban J connectivity index is 1.95. The van der Waals surface area contributed by atoms with Crippen LogP contribution in [-0.2, 0) is 9.53 Å². The standard InChI is InChI=1S/C26H26O8/c1-14(27)33-26-24(18-8-6-16(30-2)12-22(18)32-4)19-9-7-17(31-3)13-23(19)34-25(26)15-5-10-20(28)21(29)11-15/h5-13,24-26,28-29H,1-4H3/t24-,25+,26-/m0/s1. The Morgan fingerprint density at radius 1 is 0.824 bits per heavy atom. The normalized spacial score (nSPS) is 18.9. The highest BCUT2D eigenvalue weighted by Gasteiger charge is 2.44. The molecule has 0 saturated carbocycles. The third kappa shape index (κ3) is 4.26. The van der Waals surface area contributed by atoms with Crippen molar-refractivity contribution in [2.24, 2.45) is 0 Å². The largest absolute Gasteiger partial charge is 0.504 e. The lowest BCUT2D eigenvalue weighted by Crippen LogP contribution is -2.38. The van der Waals surface area contributed by atoms with E-state index in [1.807, 2.05) is 24.3 Å². The molecule has 3 atom stereocenters. The van der Waals surface area contributed by atoms with Crippen LogP contribution in [0.15, 0.2) is 54.6 Å². The zero-order valence-corrected chi connectivity index (χ0v) is 19.3. The summed E-state index contributed by atoms with van der Waals surface area (Å²) in [7, 11) is 4.69. The van der Waals surface area contributed by atoms with Gasteiger partial charge < -0.3 is 33.9 Å². The minimum absolute atomic E-state index is 0.265. The lowest BCUT2D eigenvalue weighted by atomic mass is 9.79. The van der Waals surface area contributed by atoms with Crippen LogP contribution in [0.25, 0.3) is 0 Å². The van der Waals surface area contributed by atoms with E-state index in [0.29, 0.717) is 28.6 Å². The highest BCUT2D eigenvalue weighted by atomic mass is 16.6. The summed E-state index contributed by atoms with van der Waals surface area (Å²) in [5, 5.41) is 19.9. The fraction of sp³-hybridized carbons (Fsp3) is 0.269. The van der Waals surface area contributed by atoms with Gasteiger partial charge in [-0.2, -0.15) is 0 Å². The first-order chi connectivity index (χ1) is 16.4. The van der Waals surface area contributed by atoms with Crippen molar-refractivity contribution in [1.29, 1.82) is 0 Å². The Bertz CT molecular complexity index is 1210. The SMILES string of the molecule is COc1ccc([C@H]2c3ccc(OC)cc3O[C@H](c3ccc(O)c(O)c3)[C@H]2OC(C)=O)c(OC)c1. The highest BCUT2D eigenvalue weighted by molar-refractivity contribution is 5.67. The molecule has 8 nitrogen and oxygen atoms in total. The molecule has 1 heterocycles. The number of methoxy groups -OCH3 is 3. The molecule has 34 heavy (non-hydrogen) atoms. The molecule has 178 valence electrons. The van der Waals surface area contributed by atoms with E-state index in [-0.39, 0.29) is 11.5 Å². The minimum Gasteiger partial charge on any atom is -0.504 e. The lowest BCUT2D eigenvalue weighted by Gasteiger charge is -2.40. The molecule has 0 aliphatic carbocycles. The first-order valence-electron chi connectivity index (χ1n) is 10.6. The zero-order valence-electron chi connectivity index (χ0n) is 19.3. The first-order valence-corrected chi connectivity index (χ1v) is 10.6. The molecule has 3 aromatic carbocycles. The van der Waals surface area contributed by atoms with Gasteiger partial charge in [0.25, 0.3) is 0 Å². The number of phenols is 2. The summed E-state index contributed by atoms with van der Waals surface area (Å²) in [4.78, 5) is 12.2. The second kappa shape index (κ2) is 9.43. The predicted octanol–water partition coefficient (Wildman–Crippen LogP) is 4.32. The number of hydrogen-bond donors (Lipinski definition) is 2. The van der Waals surface area contributed by atoms with Gasteiger partial charge in [0.05, 0.1) is 27.2 Å². The molecule has 3 aromatic rings. The summed E-state index contributed by atoms with van der Waals surface area (Å²) in [5.74, 6) is 0.748. The molecule has 0 fully saturated rings. The summed E-state index contributed by atoms with van der Waals surface area (Å²) in [6.45, 7) is 1.33. The van der Waals surface area contributed by atoms with Crippen molar-refractivity contribution >= 4 is 5.97 Å². The number of fused-ring (bicyclic) bond motifs is 1. The molecule has 0 aromatic heterocycles. The molecule has 2 N–H and O–H groups in total. The molecule has 0 radical (unpaired) electrons. The minimum atomic E-state index is -0.815. The Morgan fingerprint density at radius 2 is 1.50 bits per heavy atom. The molecule has 0 saturated heterocycles. The van der Waals surface area contributed by atoms with E-state index in [1.165, 1.54) is 19.1 Å². The molecular weight excluding hydrogens is 440 g/mol. The van der Waals surface area contributed by atoms with Crippen LogP contribution in [0.3, 0.4) is 0 Å². The van der Waals surface area contributed by atoms with Crippen molar-refractivity contribution in [3.63, 3.8) is 0 Å². The number of hydrogen-bond acceptors (Lipinski definition) is 8. The van der Waals surface area contributed by atoms with Gasteiger partial charge >= 0.3 is 5.97 Å². The number of carbonyl (C=O) groups is 1. The topological polar surface area (TPSA) is 104 Å². The van der Waals surface area contributed by atoms with Gasteiger partial charge in [0.15, 0.2) is 23.7 Å². The smallest absolute Gasteiger partial charge is 0.303 e. The van der Waals surface area contributed by atoms with Gasteiger partial charge in [0, 0.05) is 35.7 Å². The van der Waals surface area contributed by atoms with E-state index in [4.69, 9.17) is 23.7 Å². The van der Waals surface area contributed by atoms with Crippen LogP contribution in [0, 0.1) is 0 Å². The fourth-order valence-corrected chi connectivity index (χ4v) is 4.27. The maximum absolute atomic E-state index is 12.2. The molecule has 0 unspecified atom stereocenters. The Labute approximate surface area is 197 Å². The van der Waals surface area contributed by atoms with Gasteiger partial charge in [-0.1, -0.05) is 18.2 Å². The van der Waals surface area contributed by atoms with E-state index < -0.39 is 24.1 Å². The van der Waals surface area contributed by atoms with Gasteiger partial charge in [0.2, 0.25) is 0 Å². The van der Waals surface area contributed by atoms with Crippen molar-refractivity contribution < 1.29 is 38.7 Å². The van der Waals surface area contributed by atoms with E-state index in [9.17, 15) is 15.0 Å². The average Bonchev–Trinajstić information content (AvgIpc) is 2.84. The summed E-state index contributed by atoms with van der Waals surface area (Å²) < 4.78 is 28.6. The molecule has 0 bridgehead atoms. The van der Waals surface area contributed by atoms with Crippen LogP contribution >= 0.6 is 0 Å². The van der Waals surface area contributed by atoms with Gasteiger partial charge in [-0.05, 0) is 24.3 Å². The first kappa shape index (κ1) is 23.1. The van der Waals surface area contributed by atoms with Crippen molar-refractivity contribution in [2.45, 2.75) is 25.0 Å². The summed E-state index contributed by atoms with van der Waals surface area (Å²) in [6, 6.07) is 15.2. The summed E-state index contributed by atoms with van der Waals surface area (Å²) >= 11 is 0. The molecule has 1 aliphatic heterocycles. The number of benzene rings is 3. The highest BCUT2D eigenvalue weighted by Crippen LogP contribution is 2.50. The van der Waals surface area contributed by atoms with Crippen LogP contribution in [0.1, 0.15) is 35.6 Å². The summed E-state index contributed by atoms with van der Waals surface area (Å²) in [6.07, 6.45) is -1.61. The molecule has 1 aliphatic rings. The van der Waals surface area contributed by atoms with Crippen molar-refractivity contribution in [1.82, 2.24) is 0 Å². The summed E-state index contributed by atoms with van der Waals surface area (Å²) in [5.41, 5.74) is 2.06. The van der Waals surface area contributed by atoms with Gasteiger partial charge in [-0.15, -0.1) is 0 Å². The second-order valence-corrected chi connectivity index (χ2v) is 7.85. The third-order valence-electron chi connectivity index (χ3n) is 5.84. The van der Waals surface area contributed by atoms with Crippen LogP contribution in [0.5, 0.6) is 34.5 Å². The van der Waals surface area contributed by atoms with Gasteiger partial charge in [-0.3, -0.25) is 4.79 Å². The van der Waals surface area contributed by atoms with Crippen molar-refractivity contribution in [2.75, 3.05) is 21.3 Å². The number of ether oxygens (including phenoxy) is 5. The van der Waals surface area contributed by atoms with E-state index in [1.54, 1.807) is 39.5 Å². The van der Waals surface area contributed by atoms with Crippen LogP contribution in [0.2, 0.25) is 0 Å². The number of rotatable bonds is 6. The molecule has 0 spiro atoms. The zero-order chi connectivity index (χ0) is 24.4. The number of carbonyl (C=O) groups excluding carboxylic acids is 1. The molecule has 0 amide bonds. The van der Waals surface area contributed by atoms with E-state index in [2.05, 4.69) is 0 Å². The Kier molecular flexibility index (Phi) is 6.40. The predicted molar refractivity (Wildman–Crippen MR) is 123 cm³/mol. The van der Waals surface area contributed by atoms with Crippen molar-refractivity contribution in [3.05, 3.63) is 71.3 Å². The van der Waals surface area contributed by atoms with Crippen molar-refractivity contribution in [3.8, 4) is 34.5 Å². The van der Waals surface area contributed by atoms with E-state index >= 15 is 0 Å². The number of aromatic hydroxyl groups is 2. The molecular formula is C26H26O8. The number of esters is 1. The second-order valence-electron chi connectivity index (χ2n) is 7.85. The third-order valence-corrected chi connectivity index (χ3v) is 5.84. The van der Waals surface area contributed by atoms with E-state index in [0.717, 1.165) is 11.1 Å². The Hall–Kier alpha value is -4.07. The van der Waals surface area contributed by atoms with Gasteiger partial charge in [-0.25, -0.2) is 0 Å². The number of phenolic OH excluding ortho intramolecular Hbond substituents is 2. The maximum Gasteiger partial charge on any atom is 0.303 e. The Morgan fingerprint density at radius 3 is 2.12 bits per heavy atom.